The molecular weight excluding hydrogens is 320 g/mol. The number of nitrogens with zero attached hydrogens (tertiary/aromatic N) is 4. The molecule has 0 atom stereocenters. The van der Waals surface area contributed by atoms with Crippen LogP contribution in [0.1, 0.15) is 27.6 Å². The lowest BCUT2D eigenvalue weighted by Gasteiger charge is -2.27. The number of rotatable bonds is 3. The lowest BCUT2D eigenvalue weighted by Crippen LogP contribution is -2.36. The van der Waals surface area contributed by atoms with Gasteiger partial charge in [0.2, 0.25) is 0 Å². The van der Waals surface area contributed by atoms with Gasteiger partial charge >= 0.3 is 0 Å². The first-order chi connectivity index (χ1) is 12.2. The van der Waals surface area contributed by atoms with Crippen LogP contribution >= 0.6 is 0 Å². The molecule has 0 bridgehead atoms. The number of morpholine rings is 1. The summed E-state index contributed by atoms with van der Waals surface area (Å²) < 4.78 is 13.1. The van der Waals surface area contributed by atoms with Crippen LogP contribution in [0.25, 0.3) is 0 Å². The molecule has 25 heavy (non-hydrogen) atoms. The van der Waals surface area contributed by atoms with Crippen molar-refractivity contribution < 1.29 is 13.9 Å². The van der Waals surface area contributed by atoms with Gasteiger partial charge in [-0.1, -0.05) is 0 Å². The van der Waals surface area contributed by atoms with Gasteiger partial charge in [0.25, 0.3) is 5.91 Å². The Bertz CT molecular complexity index is 745. The van der Waals surface area contributed by atoms with Gasteiger partial charge < -0.3 is 18.6 Å². The summed E-state index contributed by atoms with van der Waals surface area (Å²) in [7, 11) is 0. The molecule has 7 heteroatoms. The van der Waals surface area contributed by atoms with E-state index in [1.807, 2.05) is 24.1 Å². The highest BCUT2D eigenvalue weighted by molar-refractivity contribution is 5.92. The molecule has 0 aliphatic carbocycles. The zero-order valence-electron chi connectivity index (χ0n) is 14.6. The van der Waals surface area contributed by atoms with Gasteiger partial charge in [-0.25, -0.2) is 4.98 Å². The monoisotopic (exact) mass is 344 g/mol. The summed E-state index contributed by atoms with van der Waals surface area (Å²) in [5.74, 6) is 1.49. The normalized spacial score (nSPS) is 18.8. The molecule has 2 aromatic heterocycles. The van der Waals surface area contributed by atoms with Crippen LogP contribution in [0.5, 0.6) is 0 Å². The van der Waals surface area contributed by atoms with Crippen LogP contribution in [0.2, 0.25) is 0 Å². The van der Waals surface area contributed by atoms with Crippen molar-refractivity contribution in [3.63, 3.8) is 0 Å². The van der Waals surface area contributed by atoms with Gasteiger partial charge in [0.1, 0.15) is 5.82 Å². The van der Waals surface area contributed by atoms with Gasteiger partial charge in [-0.05, 0) is 13.0 Å². The molecule has 0 saturated carbocycles. The largest absolute Gasteiger partial charge is 0.459 e. The van der Waals surface area contributed by atoms with Gasteiger partial charge in [0.05, 0.1) is 25.2 Å². The quantitative estimate of drug-likeness (QED) is 0.840. The minimum atomic E-state index is -0.0250. The van der Waals surface area contributed by atoms with Crippen molar-refractivity contribution in [1.82, 2.24) is 19.4 Å². The molecule has 1 fully saturated rings. The molecule has 134 valence electrons. The minimum absolute atomic E-state index is 0.0250. The number of carbonyl (C=O) groups is 1. The van der Waals surface area contributed by atoms with Gasteiger partial charge in [0.15, 0.2) is 5.76 Å². The Morgan fingerprint density at radius 2 is 2.04 bits per heavy atom. The van der Waals surface area contributed by atoms with Crippen LogP contribution in [0, 0.1) is 6.92 Å². The smallest absolute Gasteiger partial charge is 0.289 e. The van der Waals surface area contributed by atoms with E-state index in [9.17, 15) is 4.79 Å². The number of aryl methyl sites for hydroxylation is 1. The Morgan fingerprint density at radius 3 is 2.80 bits per heavy atom. The van der Waals surface area contributed by atoms with Crippen LogP contribution in [0.15, 0.2) is 22.9 Å². The Labute approximate surface area is 147 Å². The third kappa shape index (κ3) is 3.34. The van der Waals surface area contributed by atoms with E-state index in [2.05, 4.69) is 14.5 Å². The Morgan fingerprint density at radius 1 is 1.20 bits per heavy atom. The maximum Gasteiger partial charge on any atom is 0.289 e. The number of hydrogen-bond donors (Lipinski definition) is 0. The summed E-state index contributed by atoms with van der Waals surface area (Å²) in [6.07, 6.45) is 4.33. The third-order valence-electron chi connectivity index (χ3n) is 5.05. The van der Waals surface area contributed by atoms with Crippen molar-refractivity contribution >= 4 is 5.91 Å². The van der Waals surface area contributed by atoms with Gasteiger partial charge in [0, 0.05) is 57.4 Å². The van der Waals surface area contributed by atoms with Gasteiger partial charge in [-0.3, -0.25) is 9.69 Å². The standard InChI is InChI=1S/C18H24N4O3/c1-14-3-9-25-17(14)18(23)21-4-2-16-19-12-15(22(16)6-5-21)13-20-7-10-24-11-8-20/h3,9,12H,2,4-8,10-11,13H2,1H3. The molecule has 0 aromatic carbocycles. The highest BCUT2D eigenvalue weighted by Gasteiger charge is 2.25. The van der Waals surface area contributed by atoms with Gasteiger partial charge in [-0.15, -0.1) is 0 Å². The van der Waals surface area contributed by atoms with Crippen LogP contribution in [0.4, 0.5) is 0 Å². The first kappa shape index (κ1) is 16.4. The molecule has 1 amide bonds. The van der Waals surface area contributed by atoms with E-state index in [1.54, 1.807) is 6.26 Å². The van der Waals surface area contributed by atoms with Crippen LogP contribution < -0.4 is 0 Å². The second-order valence-electron chi connectivity index (χ2n) is 6.68. The number of carbonyl (C=O) groups excluding carboxylic acids is 1. The number of hydrogen-bond acceptors (Lipinski definition) is 5. The Kier molecular flexibility index (Phi) is 4.59. The number of aromatic nitrogens is 2. The SMILES string of the molecule is Cc1ccoc1C(=O)N1CCc2ncc(CN3CCOCC3)n2CC1. The molecule has 7 nitrogen and oxygen atoms in total. The number of ether oxygens (including phenoxy) is 1. The number of furan rings is 1. The first-order valence-corrected chi connectivity index (χ1v) is 8.89. The van der Waals surface area contributed by atoms with Gasteiger partial charge in [-0.2, -0.15) is 0 Å². The fraction of sp³-hybridized carbons (Fsp3) is 0.556. The molecule has 0 spiro atoms. The van der Waals surface area contributed by atoms with Crippen molar-refractivity contribution in [2.24, 2.45) is 0 Å². The maximum atomic E-state index is 12.7. The van der Waals surface area contributed by atoms with Crippen molar-refractivity contribution in [1.29, 1.82) is 0 Å². The maximum absolute atomic E-state index is 12.7. The van der Waals surface area contributed by atoms with Crippen molar-refractivity contribution in [3.05, 3.63) is 41.4 Å². The zero-order valence-corrected chi connectivity index (χ0v) is 14.6. The molecule has 0 unspecified atom stereocenters. The van der Waals surface area contributed by atoms with Crippen LogP contribution in [-0.4, -0.2) is 64.7 Å². The summed E-state index contributed by atoms with van der Waals surface area (Å²) in [5.41, 5.74) is 2.11. The predicted octanol–water partition coefficient (Wildman–Crippen LogP) is 1.32. The summed E-state index contributed by atoms with van der Waals surface area (Å²) in [5, 5.41) is 0. The molecule has 2 aromatic rings. The van der Waals surface area contributed by atoms with E-state index in [1.165, 1.54) is 5.69 Å². The van der Waals surface area contributed by atoms with Crippen molar-refractivity contribution in [2.45, 2.75) is 26.4 Å². The number of fused-ring (bicyclic) bond motifs is 1. The van der Waals surface area contributed by atoms with Crippen LogP contribution in [-0.2, 0) is 24.2 Å². The fourth-order valence-electron chi connectivity index (χ4n) is 3.55. The Balaban J connectivity index is 1.45. The topological polar surface area (TPSA) is 63.7 Å². The van der Waals surface area contributed by atoms with E-state index in [-0.39, 0.29) is 5.91 Å². The molecule has 2 aliphatic heterocycles. The van der Waals surface area contributed by atoms with Crippen LogP contribution in [0.3, 0.4) is 0 Å². The molecule has 4 heterocycles. The average molecular weight is 344 g/mol. The molecule has 2 aliphatic rings. The molecule has 4 rings (SSSR count). The zero-order chi connectivity index (χ0) is 17.2. The molecular formula is C18H24N4O3. The molecule has 0 radical (unpaired) electrons. The average Bonchev–Trinajstić information content (AvgIpc) is 3.15. The first-order valence-electron chi connectivity index (χ1n) is 8.89. The molecule has 1 saturated heterocycles. The lowest BCUT2D eigenvalue weighted by molar-refractivity contribution is 0.0331. The van der Waals surface area contributed by atoms with E-state index >= 15 is 0 Å². The summed E-state index contributed by atoms with van der Waals surface area (Å²) in [6.45, 7) is 8.44. The minimum Gasteiger partial charge on any atom is -0.459 e. The predicted molar refractivity (Wildman–Crippen MR) is 91.4 cm³/mol. The summed E-state index contributed by atoms with van der Waals surface area (Å²) in [6, 6.07) is 1.83. The second-order valence-corrected chi connectivity index (χ2v) is 6.68. The van der Waals surface area contributed by atoms with E-state index in [0.717, 1.165) is 57.2 Å². The lowest BCUT2D eigenvalue weighted by atomic mass is 10.2. The molecule has 0 N–H and O–H groups in total. The van der Waals surface area contributed by atoms with Crippen molar-refractivity contribution in [2.75, 3.05) is 39.4 Å². The third-order valence-corrected chi connectivity index (χ3v) is 5.05. The Hall–Kier alpha value is -2.12. The highest BCUT2D eigenvalue weighted by Crippen LogP contribution is 2.17. The van der Waals surface area contributed by atoms with E-state index in [0.29, 0.717) is 18.8 Å². The second kappa shape index (κ2) is 7.01. The summed E-state index contributed by atoms with van der Waals surface area (Å²) in [4.78, 5) is 21.6. The number of imidazole rings is 1. The highest BCUT2D eigenvalue weighted by atomic mass is 16.5. The van der Waals surface area contributed by atoms with Crippen molar-refractivity contribution in [3.8, 4) is 0 Å². The van der Waals surface area contributed by atoms with E-state index < -0.39 is 0 Å². The fourth-order valence-corrected chi connectivity index (χ4v) is 3.55. The number of amides is 1. The van der Waals surface area contributed by atoms with E-state index in [4.69, 9.17) is 9.15 Å². The summed E-state index contributed by atoms with van der Waals surface area (Å²) >= 11 is 0.